The number of benzene rings is 1. The molecule has 0 saturated carbocycles. The first kappa shape index (κ1) is 14.1. The number of fused-ring (bicyclic) bond motifs is 1. The van der Waals surface area contributed by atoms with Crippen LogP contribution >= 0.6 is 0 Å². The lowest BCUT2D eigenvalue weighted by Gasteiger charge is -2.31. The molecule has 1 N–H and O–H groups in total. The smallest absolute Gasteiger partial charge is 0.134 e. The number of likely N-dealkylation sites (tertiary alicyclic amines) is 1. The van der Waals surface area contributed by atoms with Crippen LogP contribution in [-0.4, -0.2) is 42.7 Å². The maximum atomic E-state index is 5.44. The van der Waals surface area contributed by atoms with E-state index in [1.54, 1.807) is 7.11 Å². The average Bonchev–Trinajstić information content (AvgIpc) is 2.55. The first-order valence-corrected chi connectivity index (χ1v) is 7.72. The molecule has 0 bridgehead atoms. The minimum atomic E-state index is 0.511. The third kappa shape index (κ3) is 2.95. The SMILES string of the molecule is CCN1CCC(Nc2nccc3c(OC)cccc23)CC1. The molecule has 0 amide bonds. The summed E-state index contributed by atoms with van der Waals surface area (Å²) in [4.78, 5) is 7.03. The fraction of sp³-hybridized carbons (Fsp3) is 0.471. The van der Waals surface area contributed by atoms with E-state index in [1.807, 2.05) is 24.4 Å². The molecule has 1 fully saturated rings. The zero-order valence-corrected chi connectivity index (χ0v) is 12.8. The molecule has 21 heavy (non-hydrogen) atoms. The monoisotopic (exact) mass is 285 g/mol. The van der Waals surface area contributed by atoms with Crippen molar-refractivity contribution in [3.8, 4) is 5.75 Å². The van der Waals surface area contributed by atoms with Crippen LogP contribution in [0.5, 0.6) is 5.75 Å². The van der Waals surface area contributed by atoms with Crippen LogP contribution in [-0.2, 0) is 0 Å². The summed E-state index contributed by atoms with van der Waals surface area (Å²) in [5, 5.41) is 5.87. The number of nitrogens with one attached hydrogen (secondary N) is 1. The van der Waals surface area contributed by atoms with Gasteiger partial charge >= 0.3 is 0 Å². The molecule has 1 aromatic carbocycles. The van der Waals surface area contributed by atoms with Crippen LogP contribution in [0.15, 0.2) is 30.5 Å². The van der Waals surface area contributed by atoms with Crippen LogP contribution in [0.3, 0.4) is 0 Å². The summed E-state index contributed by atoms with van der Waals surface area (Å²) in [6, 6.07) is 8.64. The van der Waals surface area contributed by atoms with Crippen molar-refractivity contribution in [1.29, 1.82) is 0 Å². The molecule has 4 heteroatoms. The average molecular weight is 285 g/mol. The third-order valence-electron chi connectivity index (χ3n) is 4.36. The molecule has 4 nitrogen and oxygen atoms in total. The van der Waals surface area contributed by atoms with Gasteiger partial charge in [-0.1, -0.05) is 19.1 Å². The van der Waals surface area contributed by atoms with E-state index in [2.05, 4.69) is 28.2 Å². The summed E-state index contributed by atoms with van der Waals surface area (Å²) in [5.41, 5.74) is 0. The highest BCUT2D eigenvalue weighted by molar-refractivity contribution is 5.95. The molecule has 1 aromatic heterocycles. The quantitative estimate of drug-likeness (QED) is 0.936. The van der Waals surface area contributed by atoms with Crippen molar-refractivity contribution in [2.75, 3.05) is 32.1 Å². The van der Waals surface area contributed by atoms with Crippen LogP contribution in [0.25, 0.3) is 10.8 Å². The molecule has 1 saturated heterocycles. The minimum absolute atomic E-state index is 0.511. The van der Waals surface area contributed by atoms with Crippen LogP contribution in [0.2, 0.25) is 0 Å². The van der Waals surface area contributed by atoms with Gasteiger partial charge < -0.3 is 15.0 Å². The normalized spacial score (nSPS) is 17.0. The molecule has 112 valence electrons. The van der Waals surface area contributed by atoms with Gasteiger partial charge in [0.25, 0.3) is 0 Å². The van der Waals surface area contributed by atoms with Gasteiger partial charge in [0.2, 0.25) is 0 Å². The molecular formula is C17H23N3O. The number of hydrogen-bond donors (Lipinski definition) is 1. The predicted molar refractivity (Wildman–Crippen MR) is 87.1 cm³/mol. The highest BCUT2D eigenvalue weighted by Gasteiger charge is 2.19. The lowest BCUT2D eigenvalue weighted by Crippen LogP contribution is -2.39. The Balaban J connectivity index is 1.81. The van der Waals surface area contributed by atoms with Gasteiger partial charge in [-0.25, -0.2) is 4.98 Å². The fourth-order valence-electron chi connectivity index (χ4n) is 3.06. The molecule has 2 aromatic rings. The van der Waals surface area contributed by atoms with Crippen LogP contribution in [0.4, 0.5) is 5.82 Å². The number of methoxy groups -OCH3 is 1. The predicted octanol–water partition coefficient (Wildman–Crippen LogP) is 3.14. The van der Waals surface area contributed by atoms with Crippen molar-refractivity contribution in [2.45, 2.75) is 25.8 Å². The lowest BCUT2D eigenvalue weighted by atomic mass is 10.0. The van der Waals surface area contributed by atoms with E-state index in [9.17, 15) is 0 Å². The number of piperidine rings is 1. The highest BCUT2D eigenvalue weighted by Crippen LogP contribution is 2.30. The van der Waals surface area contributed by atoms with Gasteiger partial charge in [-0.15, -0.1) is 0 Å². The molecular weight excluding hydrogens is 262 g/mol. The van der Waals surface area contributed by atoms with Crippen molar-refractivity contribution >= 4 is 16.6 Å². The third-order valence-corrected chi connectivity index (χ3v) is 4.36. The van der Waals surface area contributed by atoms with Crippen molar-refractivity contribution in [3.63, 3.8) is 0 Å². The van der Waals surface area contributed by atoms with Gasteiger partial charge in [0.15, 0.2) is 0 Å². The van der Waals surface area contributed by atoms with E-state index in [4.69, 9.17) is 4.74 Å². The summed E-state index contributed by atoms with van der Waals surface area (Å²) in [7, 11) is 1.71. The maximum absolute atomic E-state index is 5.44. The van der Waals surface area contributed by atoms with E-state index in [1.165, 1.54) is 25.9 Å². The van der Waals surface area contributed by atoms with Crippen molar-refractivity contribution < 1.29 is 4.74 Å². The molecule has 0 radical (unpaired) electrons. The Morgan fingerprint density at radius 2 is 2.05 bits per heavy atom. The minimum Gasteiger partial charge on any atom is -0.496 e. The summed E-state index contributed by atoms with van der Waals surface area (Å²) in [6.45, 7) is 5.72. The first-order valence-electron chi connectivity index (χ1n) is 7.72. The lowest BCUT2D eigenvalue weighted by molar-refractivity contribution is 0.229. The summed E-state index contributed by atoms with van der Waals surface area (Å²) >= 11 is 0. The van der Waals surface area contributed by atoms with Gasteiger partial charge in [-0.3, -0.25) is 0 Å². The number of nitrogens with zero attached hydrogens (tertiary/aromatic N) is 2. The molecule has 0 atom stereocenters. The number of ether oxygens (including phenoxy) is 1. The number of anilines is 1. The molecule has 0 aliphatic carbocycles. The Hall–Kier alpha value is -1.81. The van der Waals surface area contributed by atoms with Gasteiger partial charge in [0.05, 0.1) is 7.11 Å². The zero-order valence-electron chi connectivity index (χ0n) is 12.8. The number of pyridine rings is 1. The van der Waals surface area contributed by atoms with E-state index in [0.29, 0.717) is 6.04 Å². The van der Waals surface area contributed by atoms with Gasteiger partial charge in [0, 0.05) is 36.1 Å². The largest absolute Gasteiger partial charge is 0.496 e. The van der Waals surface area contributed by atoms with Crippen LogP contribution in [0, 0.1) is 0 Å². The Kier molecular flexibility index (Phi) is 4.25. The molecule has 3 rings (SSSR count). The van der Waals surface area contributed by atoms with E-state index < -0.39 is 0 Å². The fourth-order valence-corrected chi connectivity index (χ4v) is 3.06. The first-order chi connectivity index (χ1) is 10.3. The van der Waals surface area contributed by atoms with Gasteiger partial charge in [-0.05, 0) is 31.5 Å². The molecule has 0 spiro atoms. The second kappa shape index (κ2) is 6.31. The number of rotatable bonds is 4. The van der Waals surface area contributed by atoms with E-state index >= 15 is 0 Å². The van der Waals surface area contributed by atoms with E-state index in [-0.39, 0.29) is 0 Å². The summed E-state index contributed by atoms with van der Waals surface area (Å²) < 4.78 is 5.44. The topological polar surface area (TPSA) is 37.4 Å². The van der Waals surface area contributed by atoms with Gasteiger partial charge in [-0.2, -0.15) is 0 Å². The van der Waals surface area contributed by atoms with Crippen molar-refractivity contribution in [2.24, 2.45) is 0 Å². The number of aromatic nitrogens is 1. The van der Waals surface area contributed by atoms with Crippen molar-refractivity contribution in [3.05, 3.63) is 30.5 Å². The second-order valence-corrected chi connectivity index (χ2v) is 5.57. The Bertz CT molecular complexity index is 606. The second-order valence-electron chi connectivity index (χ2n) is 5.57. The van der Waals surface area contributed by atoms with Crippen molar-refractivity contribution in [1.82, 2.24) is 9.88 Å². The number of hydrogen-bond acceptors (Lipinski definition) is 4. The Labute approximate surface area is 126 Å². The highest BCUT2D eigenvalue weighted by atomic mass is 16.5. The Morgan fingerprint density at radius 3 is 2.76 bits per heavy atom. The van der Waals surface area contributed by atoms with Crippen LogP contribution < -0.4 is 10.1 Å². The van der Waals surface area contributed by atoms with E-state index in [0.717, 1.165) is 28.9 Å². The zero-order chi connectivity index (χ0) is 14.7. The van der Waals surface area contributed by atoms with Gasteiger partial charge in [0.1, 0.15) is 11.6 Å². The summed E-state index contributed by atoms with van der Waals surface area (Å²) in [6.07, 6.45) is 4.21. The maximum Gasteiger partial charge on any atom is 0.134 e. The molecule has 1 aliphatic rings. The molecule has 1 aliphatic heterocycles. The Morgan fingerprint density at radius 1 is 1.24 bits per heavy atom. The van der Waals surface area contributed by atoms with Crippen LogP contribution in [0.1, 0.15) is 19.8 Å². The molecule has 0 unspecified atom stereocenters. The molecule has 2 heterocycles. The summed E-state index contributed by atoms with van der Waals surface area (Å²) in [5.74, 6) is 1.88. The standard InChI is InChI=1S/C17H23N3O/c1-3-20-11-8-13(9-12-20)19-17-15-5-4-6-16(21-2)14(15)7-10-18-17/h4-7,10,13H,3,8-9,11-12H2,1-2H3,(H,18,19).